The molecule has 96 valence electrons. The molecule has 2 aromatic rings. The Bertz CT molecular complexity index is 650. The average molecular weight is 257 g/mol. The van der Waals surface area contributed by atoms with Crippen LogP contribution in [0.1, 0.15) is 5.56 Å². The quantitative estimate of drug-likeness (QED) is 0.829. The summed E-state index contributed by atoms with van der Waals surface area (Å²) in [5.41, 5.74) is 7.65. The van der Waals surface area contributed by atoms with Crippen LogP contribution in [0.15, 0.2) is 36.4 Å². The predicted octanol–water partition coefficient (Wildman–Crippen LogP) is 3.03. The summed E-state index contributed by atoms with van der Waals surface area (Å²) in [5.74, 6) is 0.0753. The molecular formula is C14H12FN3O. The van der Waals surface area contributed by atoms with Gasteiger partial charge in [-0.25, -0.2) is 4.39 Å². The molecule has 0 amide bonds. The number of rotatable bonds is 3. The van der Waals surface area contributed by atoms with E-state index in [1.807, 2.05) is 6.07 Å². The number of ether oxygens (including phenoxy) is 1. The van der Waals surface area contributed by atoms with Gasteiger partial charge in [0.1, 0.15) is 17.6 Å². The lowest BCUT2D eigenvalue weighted by molar-refractivity contribution is 0.417. The van der Waals surface area contributed by atoms with Crippen LogP contribution in [0.25, 0.3) is 0 Å². The Morgan fingerprint density at radius 2 is 2.05 bits per heavy atom. The molecule has 0 heterocycles. The van der Waals surface area contributed by atoms with Crippen LogP contribution in [0.5, 0.6) is 5.75 Å². The maximum absolute atomic E-state index is 13.0. The predicted molar refractivity (Wildman–Crippen MR) is 71.8 cm³/mol. The van der Waals surface area contributed by atoms with Crippen LogP contribution in [0.4, 0.5) is 21.5 Å². The Kier molecular flexibility index (Phi) is 3.53. The maximum Gasteiger partial charge on any atom is 0.143 e. The molecule has 2 rings (SSSR count). The van der Waals surface area contributed by atoms with E-state index in [1.54, 1.807) is 18.2 Å². The van der Waals surface area contributed by atoms with Crippen molar-refractivity contribution in [3.05, 3.63) is 47.8 Å². The van der Waals surface area contributed by atoms with Crippen molar-refractivity contribution in [3.8, 4) is 11.8 Å². The summed E-state index contributed by atoms with van der Waals surface area (Å²) in [6, 6.07) is 11.1. The highest BCUT2D eigenvalue weighted by Crippen LogP contribution is 2.32. The van der Waals surface area contributed by atoms with Crippen molar-refractivity contribution >= 4 is 17.1 Å². The minimum absolute atomic E-state index is 0.210. The van der Waals surface area contributed by atoms with Gasteiger partial charge in [0.15, 0.2) is 0 Å². The molecule has 3 N–H and O–H groups in total. The van der Waals surface area contributed by atoms with Gasteiger partial charge in [0.25, 0.3) is 0 Å². The normalized spacial score (nSPS) is 9.74. The zero-order chi connectivity index (χ0) is 13.8. The number of hydrogen-bond donors (Lipinski definition) is 2. The van der Waals surface area contributed by atoms with Gasteiger partial charge in [-0.2, -0.15) is 5.26 Å². The molecule has 4 nitrogen and oxygen atoms in total. The molecule has 0 aliphatic rings. The number of nitriles is 1. The highest BCUT2D eigenvalue weighted by Gasteiger charge is 2.08. The summed E-state index contributed by atoms with van der Waals surface area (Å²) in [7, 11) is 1.52. The first kappa shape index (κ1) is 12.7. The van der Waals surface area contributed by atoms with Crippen molar-refractivity contribution in [2.24, 2.45) is 0 Å². The van der Waals surface area contributed by atoms with E-state index < -0.39 is 5.82 Å². The maximum atomic E-state index is 13.0. The number of nitrogens with two attached hydrogens (primary N) is 1. The van der Waals surface area contributed by atoms with E-state index in [0.717, 1.165) is 0 Å². The van der Waals surface area contributed by atoms with Gasteiger partial charge in [-0.3, -0.25) is 0 Å². The number of hydrogen-bond acceptors (Lipinski definition) is 4. The number of nitrogen functional groups attached to an aromatic ring is 1. The van der Waals surface area contributed by atoms with Gasteiger partial charge in [-0.1, -0.05) is 6.07 Å². The molecule has 0 spiro atoms. The molecule has 5 heteroatoms. The first-order chi connectivity index (χ1) is 9.15. The summed E-state index contributed by atoms with van der Waals surface area (Å²) in [6.45, 7) is 0. The van der Waals surface area contributed by atoms with Crippen LogP contribution >= 0.6 is 0 Å². The topological polar surface area (TPSA) is 71.1 Å². The number of benzene rings is 2. The van der Waals surface area contributed by atoms with Crippen molar-refractivity contribution in [3.63, 3.8) is 0 Å². The summed E-state index contributed by atoms with van der Waals surface area (Å²) in [4.78, 5) is 0. The largest absolute Gasteiger partial charge is 0.495 e. The molecule has 19 heavy (non-hydrogen) atoms. The van der Waals surface area contributed by atoms with E-state index in [4.69, 9.17) is 15.7 Å². The zero-order valence-electron chi connectivity index (χ0n) is 10.3. The molecule has 0 aliphatic carbocycles. The molecular weight excluding hydrogens is 245 g/mol. The van der Waals surface area contributed by atoms with E-state index in [-0.39, 0.29) is 5.56 Å². The lowest BCUT2D eigenvalue weighted by Crippen LogP contribution is -2.00. The highest BCUT2D eigenvalue weighted by molar-refractivity contribution is 5.79. The van der Waals surface area contributed by atoms with Gasteiger partial charge in [-0.15, -0.1) is 0 Å². The molecule has 0 bridgehead atoms. The van der Waals surface area contributed by atoms with Crippen LogP contribution in [0.3, 0.4) is 0 Å². The first-order valence-electron chi connectivity index (χ1n) is 5.55. The molecule has 0 unspecified atom stereocenters. The van der Waals surface area contributed by atoms with Gasteiger partial charge in [-0.05, 0) is 30.3 Å². The molecule has 0 radical (unpaired) electrons. The Balaban J connectivity index is 2.40. The van der Waals surface area contributed by atoms with Crippen molar-refractivity contribution in [2.45, 2.75) is 0 Å². The summed E-state index contributed by atoms with van der Waals surface area (Å²) >= 11 is 0. The van der Waals surface area contributed by atoms with Gasteiger partial charge in [0.05, 0.1) is 29.7 Å². The van der Waals surface area contributed by atoms with Crippen molar-refractivity contribution in [2.75, 3.05) is 18.2 Å². The van der Waals surface area contributed by atoms with Crippen LogP contribution in [0.2, 0.25) is 0 Å². The minimum atomic E-state index is -0.458. The average Bonchev–Trinajstić information content (AvgIpc) is 2.42. The molecule has 2 aromatic carbocycles. The summed E-state index contributed by atoms with van der Waals surface area (Å²) in [6.07, 6.45) is 0. The smallest absolute Gasteiger partial charge is 0.143 e. The summed E-state index contributed by atoms with van der Waals surface area (Å²) in [5, 5.41) is 12.0. The fraction of sp³-hybridized carbons (Fsp3) is 0.0714. The molecule has 0 atom stereocenters. The van der Waals surface area contributed by atoms with Crippen LogP contribution in [0, 0.1) is 17.1 Å². The number of methoxy groups -OCH3 is 1. The molecule has 0 aliphatic heterocycles. The van der Waals surface area contributed by atoms with E-state index in [2.05, 4.69) is 5.32 Å². The van der Waals surface area contributed by atoms with Crippen LogP contribution < -0.4 is 15.8 Å². The Hall–Kier alpha value is -2.74. The number of para-hydroxylation sites is 1. The second kappa shape index (κ2) is 5.27. The van der Waals surface area contributed by atoms with E-state index in [1.165, 1.54) is 25.3 Å². The van der Waals surface area contributed by atoms with Crippen molar-refractivity contribution in [1.82, 2.24) is 0 Å². The lowest BCUT2D eigenvalue weighted by Gasteiger charge is -2.13. The minimum Gasteiger partial charge on any atom is -0.495 e. The molecule has 0 saturated heterocycles. The third-order valence-corrected chi connectivity index (χ3v) is 2.66. The molecule has 0 fully saturated rings. The highest BCUT2D eigenvalue weighted by atomic mass is 19.1. The molecule has 0 saturated carbocycles. The first-order valence-corrected chi connectivity index (χ1v) is 5.55. The number of nitrogens with one attached hydrogen (secondary N) is 1. The SMILES string of the molecule is COc1cccc(Nc2ccc(F)cc2C#N)c1N. The van der Waals surface area contributed by atoms with Crippen LogP contribution in [-0.2, 0) is 0 Å². The van der Waals surface area contributed by atoms with E-state index in [0.29, 0.717) is 22.8 Å². The summed E-state index contributed by atoms with van der Waals surface area (Å²) < 4.78 is 18.2. The fourth-order valence-corrected chi connectivity index (χ4v) is 1.69. The van der Waals surface area contributed by atoms with Gasteiger partial charge >= 0.3 is 0 Å². The number of halogens is 1. The van der Waals surface area contributed by atoms with Gasteiger partial charge < -0.3 is 15.8 Å². The van der Waals surface area contributed by atoms with E-state index in [9.17, 15) is 4.39 Å². The fourth-order valence-electron chi connectivity index (χ4n) is 1.69. The molecule has 0 aromatic heterocycles. The lowest BCUT2D eigenvalue weighted by atomic mass is 10.1. The third kappa shape index (κ3) is 2.58. The zero-order valence-corrected chi connectivity index (χ0v) is 10.3. The van der Waals surface area contributed by atoms with Gasteiger partial charge in [0, 0.05) is 0 Å². The second-order valence-corrected chi connectivity index (χ2v) is 3.85. The number of nitrogens with zero attached hydrogens (tertiary/aromatic N) is 1. The van der Waals surface area contributed by atoms with Crippen molar-refractivity contribution in [1.29, 1.82) is 5.26 Å². The standard InChI is InChI=1S/C14H12FN3O/c1-19-13-4-2-3-12(14(13)17)18-11-6-5-10(15)7-9(11)8-16/h2-7,18H,17H2,1H3. The third-order valence-electron chi connectivity index (χ3n) is 2.66. The Morgan fingerprint density at radius 1 is 1.26 bits per heavy atom. The van der Waals surface area contributed by atoms with Crippen LogP contribution in [-0.4, -0.2) is 7.11 Å². The second-order valence-electron chi connectivity index (χ2n) is 3.85. The van der Waals surface area contributed by atoms with Gasteiger partial charge in [0.2, 0.25) is 0 Å². The Morgan fingerprint density at radius 3 is 2.74 bits per heavy atom. The monoisotopic (exact) mass is 257 g/mol. The van der Waals surface area contributed by atoms with Crippen molar-refractivity contribution < 1.29 is 9.13 Å². The van der Waals surface area contributed by atoms with E-state index >= 15 is 0 Å². The Labute approximate surface area is 110 Å². The number of anilines is 3.